The molecule has 33 heavy (non-hydrogen) atoms. The molecule has 0 unspecified atom stereocenters. The highest BCUT2D eigenvalue weighted by molar-refractivity contribution is 7.89. The Morgan fingerprint density at radius 1 is 0.758 bits per heavy atom. The molecule has 3 heterocycles. The van der Waals surface area contributed by atoms with E-state index >= 15 is 0 Å². The quantitative estimate of drug-likeness (QED) is 0.634. The van der Waals surface area contributed by atoms with Gasteiger partial charge in [0.2, 0.25) is 21.8 Å². The highest BCUT2D eigenvalue weighted by Gasteiger charge is 2.31. The summed E-state index contributed by atoms with van der Waals surface area (Å²) in [6, 6.07) is 7.02. The molecule has 0 aromatic heterocycles. The minimum atomic E-state index is -3.44. The molecule has 3 aliphatic heterocycles. The van der Waals surface area contributed by atoms with Gasteiger partial charge in [-0.1, -0.05) is 25.0 Å². The van der Waals surface area contributed by atoms with Gasteiger partial charge in [-0.3, -0.25) is 9.59 Å². The third-order valence-electron chi connectivity index (χ3n) is 7.37. The molecule has 0 saturated carbocycles. The highest BCUT2D eigenvalue weighted by atomic mass is 32.2. The molecule has 0 atom stereocenters. The van der Waals surface area contributed by atoms with Crippen LogP contribution < -0.4 is 0 Å². The zero-order chi connectivity index (χ0) is 23.3. The number of carbonyl (C=O) groups excluding carboxylic acids is 2. The number of carbonyl (C=O) groups is 2. The summed E-state index contributed by atoms with van der Waals surface area (Å²) in [6.07, 6.45) is 8.73. The van der Waals surface area contributed by atoms with Crippen LogP contribution >= 0.6 is 0 Å². The second-order valence-corrected chi connectivity index (χ2v) is 11.6. The van der Waals surface area contributed by atoms with Gasteiger partial charge in [0.05, 0.1) is 4.90 Å². The lowest BCUT2D eigenvalue weighted by atomic mass is 9.95. The molecule has 7 nitrogen and oxygen atoms in total. The van der Waals surface area contributed by atoms with E-state index in [0.29, 0.717) is 43.9 Å². The van der Waals surface area contributed by atoms with Crippen molar-refractivity contribution in [3.8, 4) is 0 Å². The van der Waals surface area contributed by atoms with Gasteiger partial charge in [0.1, 0.15) is 0 Å². The number of sulfonamides is 1. The number of rotatable bonds is 6. The number of nitrogens with zero attached hydrogens (tertiary/aromatic N) is 3. The lowest BCUT2D eigenvalue weighted by molar-refractivity contribution is -0.140. The Morgan fingerprint density at radius 2 is 1.33 bits per heavy atom. The summed E-state index contributed by atoms with van der Waals surface area (Å²) in [5, 5.41) is 0. The number of piperidine rings is 1. The third-order valence-corrected chi connectivity index (χ3v) is 9.28. The van der Waals surface area contributed by atoms with Crippen molar-refractivity contribution in [3.63, 3.8) is 0 Å². The maximum atomic E-state index is 12.9. The smallest absolute Gasteiger partial charge is 0.243 e. The fourth-order valence-electron chi connectivity index (χ4n) is 5.24. The number of amides is 2. The molecule has 0 radical (unpaired) electrons. The Kier molecular flexibility index (Phi) is 8.07. The molecule has 3 aliphatic rings. The first kappa shape index (κ1) is 24.2. The minimum absolute atomic E-state index is 0.0610. The summed E-state index contributed by atoms with van der Waals surface area (Å²) >= 11 is 0. The van der Waals surface area contributed by atoms with Crippen LogP contribution in [0.3, 0.4) is 0 Å². The van der Waals surface area contributed by atoms with Crippen LogP contribution in [0.15, 0.2) is 29.2 Å². The van der Waals surface area contributed by atoms with Crippen molar-refractivity contribution in [1.82, 2.24) is 14.1 Å². The van der Waals surface area contributed by atoms with Crippen LogP contribution in [-0.2, 0) is 26.0 Å². The summed E-state index contributed by atoms with van der Waals surface area (Å²) in [5.74, 6) is 0.448. The van der Waals surface area contributed by atoms with Gasteiger partial charge in [-0.15, -0.1) is 0 Å². The maximum absolute atomic E-state index is 12.9. The van der Waals surface area contributed by atoms with Gasteiger partial charge in [0.15, 0.2) is 0 Å². The molecule has 2 amide bonds. The molecule has 1 aromatic rings. The lowest BCUT2D eigenvalue weighted by Crippen LogP contribution is -2.43. The first-order valence-corrected chi connectivity index (χ1v) is 14.0. The molecule has 182 valence electrons. The zero-order valence-corrected chi connectivity index (χ0v) is 20.4. The second-order valence-electron chi connectivity index (χ2n) is 9.65. The standard InChI is InChI=1S/C25H37N3O4S/c29-24(26-19-13-22(14-20-26)25(30)27-15-5-6-16-27)12-9-21-7-10-23(11-8-21)33(31,32)28-17-3-1-2-4-18-28/h7-8,10-11,22H,1-6,9,12-20H2. The van der Waals surface area contributed by atoms with Crippen LogP contribution in [-0.4, -0.2) is 73.6 Å². The van der Waals surface area contributed by atoms with Gasteiger partial charge < -0.3 is 9.80 Å². The highest BCUT2D eigenvalue weighted by Crippen LogP contribution is 2.24. The zero-order valence-electron chi connectivity index (χ0n) is 19.6. The fourth-order valence-corrected chi connectivity index (χ4v) is 6.76. The minimum Gasteiger partial charge on any atom is -0.343 e. The van der Waals surface area contributed by atoms with Crippen LogP contribution in [0, 0.1) is 5.92 Å². The molecule has 4 rings (SSSR count). The Balaban J connectivity index is 1.24. The summed E-state index contributed by atoms with van der Waals surface area (Å²) < 4.78 is 27.4. The molecule has 0 bridgehead atoms. The molecular formula is C25H37N3O4S. The summed E-state index contributed by atoms with van der Waals surface area (Å²) in [7, 11) is -3.44. The predicted molar refractivity (Wildman–Crippen MR) is 127 cm³/mol. The van der Waals surface area contributed by atoms with Gasteiger partial charge in [-0.2, -0.15) is 4.31 Å². The SMILES string of the molecule is O=C(CCc1ccc(S(=O)(=O)N2CCCCCC2)cc1)N1CCC(C(=O)N2CCCC2)CC1. The average molecular weight is 476 g/mol. The van der Waals surface area contributed by atoms with E-state index in [1.54, 1.807) is 16.4 Å². The van der Waals surface area contributed by atoms with Gasteiger partial charge in [-0.25, -0.2) is 8.42 Å². The van der Waals surface area contributed by atoms with Crippen LogP contribution in [0.2, 0.25) is 0 Å². The second kappa shape index (κ2) is 11.0. The van der Waals surface area contributed by atoms with Crippen LogP contribution in [0.5, 0.6) is 0 Å². The van der Waals surface area contributed by atoms with Gasteiger partial charge >= 0.3 is 0 Å². The van der Waals surface area contributed by atoms with Crippen LogP contribution in [0.4, 0.5) is 0 Å². The van der Waals surface area contributed by atoms with Crippen molar-refractivity contribution < 1.29 is 18.0 Å². The largest absolute Gasteiger partial charge is 0.343 e. The maximum Gasteiger partial charge on any atom is 0.243 e. The van der Waals surface area contributed by atoms with E-state index in [1.807, 2.05) is 21.9 Å². The predicted octanol–water partition coefficient (Wildman–Crippen LogP) is 3.04. The van der Waals surface area contributed by atoms with E-state index in [4.69, 9.17) is 0 Å². The number of likely N-dealkylation sites (tertiary alicyclic amines) is 2. The van der Waals surface area contributed by atoms with E-state index < -0.39 is 10.0 Å². The van der Waals surface area contributed by atoms with Crippen molar-refractivity contribution >= 4 is 21.8 Å². The van der Waals surface area contributed by atoms with Crippen molar-refractivity contribution in [1.29, 1.82) is 0 Å². The van der Waals surface area contributed by atoms with Gasteiger partial charge in [-0.05, 0) is 62.6 Å². The monoisotopic (exact) mass is 475 g/mol. The van der Waals surface area contributed by atoms with Crippen molar-refractivity contribution in [2.75, 3.05) is 39.3 Å². The molecule has 0 N–H and O–H groups in total. The lowest BCUT2D eigenvalue weighted by Gasteiger charge is -2.33. The van der Waals surface area contributed by atoms with E-state index in [0.717, 1.165) is 70.0 Å². The van der Waals surface area contributed by atoms with Crippen LogP contribution in [0.25, 0.3) is 0 Å². The normalized spacial score (nSPS) is 21.2. The summed E-state index contributed by atoms with van der Waals surface area (Å²) in [5.41, 5.74) is 0.970. The summed E-state index contributed by atoms with van der Waals surface area (Å²) in [4.78, 5) is 29.5. The first-order valence-electron chi connectivity index (χ1n) is 12.6. The van der Waals surface area contributed by atoms with E-state index in [2.05, 4.69) is 0 Å². The van der Waals surface area contributed by atoms with Crippen molar-refractivity contribution in [2.45, 2.75) is 69.1 Å². The molecule has 3 saturated heterocycles. The third kappa shape index (κ3) is 5.96. The number of aryl methyl sites for hydroxylation is 1. The van der Waals surface area contributed by atoms with E-state index in [1.165, 1.54) is 0 Å². The molecular weight excluding hydrogens is 438 g/mol. The molecule has 3 fully saturated rings. The van der Waals surface area contributed by atoms with E-state index in [-0.39, 0.29) is 17.7 Å². The average Bonchev–Trinajstić information content (AvgIpc) is 3.24. The Morgan fingerprint density at radius 3 is 1.94 bits per heavy atom. The van der Waals surface area contributed by atoms with Crippen molar-refractivity contribution in [3.05, 3.63) is 29.8 Å². The molecule has 0 aliphatic carbocycles. The number of hydrogen-bond acceptors (Lipinski definition) is 4. The Bertz CT molecular complexity index is 909. The molecule has 0 spiro atoms. The Labute approximate surface area is 198 Å². The van der Waals surface area contributed by atoms with E-state index in [9.17, 15) is 18.0 Å². The first-order chi connectivity index (χ1) is 15.9. The van der Waals surface area contributed by atoms with Gasteiger partial charge in [0, 0.05) is 51.6 Å². The van der Waals surface area contributed by atoms with Crippen molar-refractivity contribution in [2.24, 2.45) is 5.92 Å². The Hall–Kier alpha value is -1.93. The topological polar surface area (TPSA) is 78.0 Å². The molecule has 8 heteroatoms. The number of hydrogen-bond donors (Lipinski definition) is 0. The number of benzene rings is 1. The fraction of sp³-hybridized carbons (Fsp3) is 0.680. The summed E-state index contributed by atoms with van der Waals surface area (Å²) in [6.45, 7) is 4.26. The molecule has 1 aromatic carbocycles. The van der Waals surface area contributed by atoms with Crippen LogP contribution in [0.1, 0.15) is 63.4 Å². The van der Waals surface area contributed by atoms with Gasteiger partial charge in [0.25, 0.3) is 0 Å².